The van der Waals surface area contributed by atoms with Crippen LogP contribution in [-0.4, -0.2) is 5.78 Å². The fourth-order valence-corrected chi connectivity index (χ4v) is 0.679. The van der Waals surface area contributed by atoms with Gasteiger partial charge in [-0.05, 0) is 11.6 Å². The topological polar surface area (TPSA) is 17.1 Å². The van der Waals surface area contributed by atoms with Crippen LogP contribution in [0.25, 0.3) is 0 Å². The zero-order valence-electron chi connectivity index (χ0n) is 4.85. The van der Waals surface area contributed by atoms with Gasteiger partial charge in [-0.15, -0.1) is 0 Å². The van der Waals surface area contributed by atoms with E-state index in [-0.39, 0.29) is 11.7 Å². The molecule has 0 heterocycles. The molecule has 1 rings (SSSR count). The number of carbonyl (C=O) groups is 1. The second-order valence-corrected chi connectivity index (χ2v) is 2.04. The standard InChI is InChI=1S/C7H8O/c1-5-3-4-7(8)6(5)2/h3-5H,2H2,1H3. The fraction of sp³-hybridized carbons (Fsp3) is 0.286. The Bertz CT molecular complexity index is 165. The van der Waals surface area contributed by atoms with E-state index in [4.69, 9.17) is 0 Å². The molecule has 0 aromatic heterocycles. The lowest BCUT2D eigenvalue weighted by Crippen LogP contribution is -1.95. The first-order chi connectivity index (χ1) is 3.72. The molecule has 1 unspecified atom stereocenters. The highest BCUT2D eigenvalue weighted by molar-refractivity contribution is 6.06. The van der Waals surface area contributed by atoms with Crippen molar-refractivity contribution in [2.45, 2.75) is 6.92 Å². The van der Waals surface area contributed by atoms with Crippen molar-refractivity contribution in [3.05, 3.63) is 24.3 Å². The molecule has 0 saturated carbocycles. The van der Waals surface area contributed by atoms with E-state index in [1.165, 1.54) is 0 Å². The SMILES string of the molecule is C=C1C(=O)C=CC1C. The summed E-state index contributed by atoms with van der Waals surface area (Å²) in [7, 11) is 0. The minimum absolute atomic E-state index is 0.0810. The summed E-state index contributed by atoms with van der Waals surface area (Å²) in [6, 6.07) is 0. The summed E-state index contributed by atoms with van der Waals surface area (Å²) in [4.78, 5) is 10.6. The summed E-state index contributed by atoms with van der Waals surface area (Å²) in [6.07, 6.45) is 3.44. The van der Waals surface area contributed by atoms with E-state index in [0.29, 0.717) is 5.57 Å². The maximum absolute atomic E-state index is 10.6. The van der Waals surface area contributed by atoms with Crippen molar-refractivity contribution in [2.24, 2.45) is 5.92 Å². The van der Waals surface area contributed by atoms with Gasteiger partial charge in [-0.1, -0.05) is 19.6 Å². The summed E-state index contributed by atoms with van der Waals surface area (Å²) < 4.78 is 0. The number of hydrogen-bond acceptors (Lipinski definition) is 1. The minimum Gasteiger partial charge on any atom is -0.290 e. The smallest absolute Gasteiger partial charge is 0.181 e. The Balaban J connectivity index is 2.85. The van der Waals surface area contributed by atoms with E-state index in [1.54, 1.807) is 6.08 Å². The van der Waals surface area contributed by atoms with Crippen LogP contribution in [0.15, 0.2) is 24.3 Å². The summed E-state index contributed by atoms with van der Waals surface area (Å²) in [5.74, 6) is 0.347. The lowest BCUT2D eigenvalue weighted by molar-refractivity contribution is -0.111. The fourth-order valence-electron chi connectivity index (χ4n) is 0.679. The molecule has 0 saturated heterocycles. The molecular formula is C7H8O. The van der Waals surface area contributed by atoms with Gasteiger partial charge in [-0.25, -0.2) is 0 Å². The van der Waals surface area contributed by atoms with Crippen LogP contribution in [0.2, 0.25) is 0 Å². The Kier molecular flexibility index (Phi) is 1.05. The molecule has 0 N–H and O–H groups in total. The van der Waals surface area contributed by atoms with Gasteiger partial charge in [-0.3, -0.25) is 4.79 Å². The van der Waals surface area contributed by atoms with Crippen molar-refractivity contribution in [2.75, 3.05) is 0 Å². The van der Waals surface area contributed by atoms with E-state index in [1.807, 2.05) is 13.0 Å². The molecule has 0 aromatic rings. The molecule has 1 heteroatoms. The summed E-state index contributed by atoms with van der Waals surface area (Å²) in [5.41, 5.74) is 0.713. The Morgan fingerprint density at radius 3 is 2.50 bits per heavy atom. The number of ketones is 1. The summed E-state index contributed by atoms with van der Waals surface area (Å²) in [6.45, 7) is 5.57. The average molecular weight is 108 g/mol. The van der Waals surface area contributed by atoms with E-state index in [9.17, 15) is 4.79 Å². The van der Waals surface area contributed by atoms with Gasteiger partial charge < -0.3 is 0 Å². The van der Waals surface area contributed by atoms with E-state index >= 15 is 0 Å². The van der Waals surface area contributed by atoms with Gasteiger partial charge in [0.15, 0.2) is 5.78 Å². The van der Waals surface area contributed by atoms with Crippen LogP contribution < -0.4 is 0 Å². The number of carbonyl (C=O) groups excluding carboxylic acids is 1. The van der Waals surface area contributed by atoms with Crippen LogP contribution in [0.1, 0.15) is 6.92 Å². The Labute approximate surface area is 48.7 Å². The third kappa shape index (κ3) is 0.601. The Morgan fingerprint density at radius 1 is 1.75 bits per heavy atom. The van der Waals surface area contributed by atoms with Crippen molar-refractivity contribution in [3.8, 4) is 0 Å². The Hall–Kier alpha value is -0.850. The van der Waals surface area contributed by atoms with Gasteiger partial charge in [0, 0.05) is 5.92 Å². The van der Waals surface area contributed by atoms with Gasteiger partial charge in [0.2, 0.25) is 0 Å². The zero-order chi connectivity index (χ0) is 6.15. The highest BCUT2D eigenvalue weighted by Crippen LogP contribution is 2.17. The molecule has 1 atom stereocenters. The molecule has 0 aliphatic heterocycles. The van der Waals surface area contributed by atoms with E-state index < -0.39 is 0 Å². The summed E-state index contributed by atoms with van der Waals surface area (Å²) in [5, 5.41) is 0. The summed E-state index contributed by atoms with van der Waals surface area (Å²) >= 11 is 0. The van der Waals surface area contributed by atoms with Crippen molar-refractivity contribution in [1.82, 2.24) is 0 Å². The van der Waals surface area contributed by atoms with Gasteiger partial charge in [0.05, 0.1) is 0 Å². The average Bonchev–Trinajstić information content (AvgIpc) is 1.98. The van der Waals surface area contributed by atoms with E-state index in [0.717, 1.165) is 0 Å². The van der Waals surface area contributed by atoms with Gasteiger partial charge in [0.1, 0.15) is 0 Å². The molecule has 1 nitrogen and oxygen atoms in total. The second kappa shape index (κ2) is 1.58. The van der Waals surface area contributed by atoms with Crippen molar-refractivity contribution >= 4 is 5.78 Å². The van der Waals surface area contributed by atoms with Crippen LogP contribution in [0.5, 0.6) is 0 Å². The molecule has 0 amide bonds. The van der Waals surface area contributed by atoms with Crippen molar-refractivity contribution in [3.63, 3.8) is 0 Å². The second-order valence-electron chi connectivity index (χ2n) is 2.04. The molecule has 0 fully saturated rings. The van der Waals surface area contributed by atoms with Crippen LogP contribution >= 0.6 is 0 Å². The van der Waals surface area contributed by atoms with E-state index in [2.05, 4.69) is 6.58 Å². The molecule has 0 radical (unpaired) electrons. The van der Waals surface area contributed by atoms with Gasteiger partial charge >= 0.3 is 0 Å². The molecule has 8 heavy (non-hydrogen) atoms. The third-order valence-electron chi connectivity index (χ3n) is 1.40. The molecular weight excluding hydrogens is 100 g/mol. The van der Waals surface area contributed by atoms with Crippen LogP contribution in [0.3, 0.4) is 0 Å². The quantitative estimate of drug-likeness (QED) is 0.428. The van der Waals surface area contributed by atoms with Crippen molar-refractivity contribution < 1.29 is 4.79 Å². The van der Waals surface area contributed by atoms with Crippen molar-refractivity contribution in [1.29, 1.82) is 0 Å². The van der Waals surface area contributed by atoms with Crippen LogP contribution in [0, 0.1) is 5.92 Å². The minimum atomic E-state index is 0.0810. The maximum Gasteiger partial charge on any atom is 0.181 e. The lowest BCUT2D eigenvalue weighted by atomic mass is 10.1. The molecule has 0 aromatic carbocycles. The molecule has 1 aliphatic rings. The predicted octanol–water partition coefficient (Wildman–Crippen LogP) is 1.32. The van der Waals surface area contributed by atoms with Gasteiger partial charge in [-0.2, -0.15) is 0 Å². The van der Waals surface area contributed by atoms with Crippen LogP contribution in [-0.2, 0) is 4.79 Å². The third-order valence-corrected chi connectivity index (χ3v) is 1.40. The first-order valence-corrected chi connectivity index (χ1v) is 2.63. The first kappa shape index (κ1) is 5.29. The Morgan fingerprint density at radius 2 is 2.38 bits per heavy atom. The first-order valence-electron chi connectivity index (χ1n) is 2.63. The number of hydrogen-bond donors (Lipinski definition) is 0. The predicted molar refractivity (Wildman–Crippen MR) is 32.5 cm³/mol. The highest BCUT2D eigenvalue weighted by Gasteiger charge is 2.14. The normalized spacial score (nSPS) is 27.4. The zero-order valence-corrected chi connectivity index (χ0v) is 4.85. The number of rotatable bonds is 0. The monoisotopic (exact) mass is 108 g/mol. The van der Waals surface area contributed by atoms with Gasteiger partial charge in [0.25, 0.3) is 0 Å². The molecule has 1 aliphatic carbocycles. The highest BCUT2D eigenvalue weighted by atomic mass is 16.1. The molecule has 0 bridgehead atoms. The molecule has 42 valence electrons. The lowest BCUT2D eigenvalue weighted by Gasteiger charge is -1.95. The maximum atomic E-state index is 10.6. The van der Waals surface area contributed by atoms with Crippen LogP contribution in [0.4, 0.5) is 0 Å². The number of allylic oxidation sites excluding steroid dienone is 3. The molecule has 0 spiro atoms. The largest absolute Gasteiger partial charge is 0.290 e.